The third-order valence-electron chi connectivity index (χ3n) is 10.0. The van der Waals surface area contributed by atoms with Gasteiger partial charge in [0.05, 0.1) is 6.04 Å². The van der Waals surface area contributed by atoms with Gasteiger partial charge in [0.1, 0.15) is 18.1 Å². The van der Waals surface area contributed by atoms with Crippen LogP contribution in [0.2, 0.25) is 0 Å². The Morgan fingerprint density at radius 1 is 0.979 bits per heavy atom. The fraction of sp³-hybridized carbons (Fsp3) is 0.657. The predicted octanol–water partition coefficient (Wildman–Crippen LogP) is 2.51. The first-order valence-corrected chi connectivity index (χ1v) is 16.7. The molecular weight excluding hydrogens is 602 g/mol. The van der Waals surface area contributed by atoms with Gasteiger partial charge in [-0.1, -0.05) is 91.6 Å². The molecule has 3 fully saturated rings. The highest BCUT2D eigenvalue weighted by Gasteiger charge is 2.70. The number of carboxylic acids is 1. The van der Waals surface area contributed by atoms with Crippen LogP contribution in [0.5, 0.6) is 0 Å². The molecule has 0 radical (unpaired) electrons. The molecule has 1 aromatic rings. The summed E-state index contributed by atoms with van der Waals surface area (Å²) < 4.78 is 0. The van der Waals surface area contributed by atoms with Crippen LogP contribution in [0.25, 0.3) is 0 Å². The van der Waals surface area contributed by atoms with Crippen LogP contribution in [0, 0.1) is 34.5 Å². The van der Waals surface area contributed by atoms with Gasteiger partial charge in [-0.3, -0.25) is 19.2 Å². The lowest BCUT2D eigenvalue weighted by molar-refractivity contribution is -0.145. The first-order chi connectivity index (χ1) is 21.9. The highest BCUT2D eigenvalue weighted by atomic mass is 16.4. The second-order valence-corrected chi connectivity index (χ2v) is 15.5. The van der Waals surface area contributed by atoms with Crippen molar-refractivity contribution >= 4 is 35.5 Å². The molecule has 12 nitrogen and oxygen atoms in total. The highest BCUT2D eigenvalue weighted by Crippen LogP contribution is 2.65. The molecule has 47 heavy (non-hydrogen) atoms. The number of hydrogen-bond acceptors (Lipinski definition) is 6. The minimum absolute atomic E-state index is 0.0489. The minimum Gasteiger partial charge on any atom is -0.480 e. The molecule has 5 amide bonds. The summed E-state index contributed by atoms with van der Waals surface area (Å²) in [5.41, 5.74) is 0.0339. The third-order valence-corrected chi connectivity index (χ3v) is 10.0. The number of amides is 5. The van der Waals surface area contributed by atoms with Crippen molar-refractivity contribution in [3.63, 3.8) is 0 Å². The van der Waals surface area contributed by atoms with Crippen molar-refractivity contribution in [2.75, 3.05) is 13.1 Å². The Balaban J connectivity index is 1.48. The smallest absolute Gasteiger partial charge is 0.326 e. The Morgan fingerprint density at radius 3 is 2.17 bits per heavy atom. The summed E-state index contributed by atoms with van der Waals surface area (Å²) in [6.45, 7) is 13.3. The molecule has 2 saturated carbocycles. The van der Waals surface area contributed by atoms with Crippen molar-refractivity contribution in [1.29, 1.82) is 0 Å². The number of fused-ring (bicyclic) bond motifs is 1. The molecule has 1 saturated heterocycles. The number of Topliss-reactive ketones (excluding diaryl/α,β-unsaturated/α-hetero) is 1. The van der Waals surface area contributed by atoms with Crippen molar-refractivity contribution in [1.82, 2.24) is 26.2 Å². The summed E-state index contributed by atoms with van der Waals surface area (Å²) >= 11 is 0. The fourth-order valence-corrected chi connectivity index (χ4v) is 6.84. The molecule has 1 aliphatic heterocycles. The van der Waals surface area contributed by atoms with Gasteiger partial charge in [-0.15, -0.1) is 0 Å². The van der Waals surface area contributed by atoms with Crippen LogP contribution in [0.15, 0.2) is 30.3 Å². The Morgan fingerprint density at radius 2 is 1.62 bits per heavy atom. The van der Waals surface area contributed by atoms with E-state index in [2.05, 4.69) is 21.3 Å². The lowest BCUT2D eigenvalue weighted by Gasteiger charge is -2.38. The number of rotatable bonds is 14. The maximum absolute atomic E-state index is 14.2. The van der Waals surface area contributed by atoms with E-state index < -0.39 is 65.1 Å². The number of ketones is 1. The summed E-state index contributed by atoms with van der Waals surface area (Å²) in [5.74, 6) is -3.85. The van der Waals surface area contributed by atoms with Crippen LogP contribution >= 0.6 is 0 Å². The number of nitrogens with one attached hydrogen (secondary N) is 4. The zero-order chi connectivity index (χ0) is 34.8. The van der Waals surface area contributed by atoms with Crippen molar-refractivity contribution in [2.24, 2.45) is 34.5 Å². The van der Waals surface area contributed by atoms with E-state index in [4.69, 9.17) is 0 Å². The SMILES string of the molecule is CC(C)C(NC(=O)N[C@H](C(=O)N1C[C@H]2C([C@H]1C(=O)NC(CC1CC1)C(=O)C(=O)NCCc1ccccc1)C2(C)C)C(C)(C)C)C(=O)O. The van der Waals surface area contributed by atoms with E-state index in [1.165, 1.54) is 4.90 Å². The normalized spacial score (nSPS) is 23.1. The van der Waals surface area contributed by atoms with Gasteiger partial charge in [0.15, 0.2) is 0 Å². The number of likely N-dealkylation sites (tertiary alicyclic amines) is 1. The van der Waals surface area contributed by atoms with Gasteiger partial charge < -0.3 is 31.3 Å². The maximum atomic E-state index is 14.2. The molecule has 5 N–H and O–H groups in total. The number of carbonyl (C=O) groups excluding carboxylic acids is 5. The fourth-order valence-electron chi connectivity index (χ4n) is 6.84. The lowest BCUT2D eigenvalue weighted by Crippen LogP contribution is -2.62. The van der Waals surface area contributed by atoms with Gasteiger partial charge in [-0.05, 0) is 52.9 Å². The molecule has 3 aliphatic rings. The number of aliphatic carboxylic acids is 1. The average Bonchev–Trinajstić information content (AvgIpc) is 3.84. The first kappa shape index (κ1) is 35.9. The van der Waals surface area contributed by atoms with Crippen molar-refractivity contribution in [3.05, 3.63) is 35.9 Å². The third kappa shape index (κ3) is 8.50. The van der Waals surface area contributed by atoms with Crippen molar-refractivity contribution in [3.8, 4) is 0 Å². The largest absolute Gasteiger partial charge is 0.480 e. The van der Waals surface area contributed by atoms with Crippen LogP contribution < -0.4 is 21.3 Å². The Bertz CT molecular complexity index is 1370. The zero-order valence-corrected chi connectivity index (χ0v) is 28.6. The number of hydrogen-bond donors (Lipinski definition) is 5. The van der Waals surface area contributed by atoms with Gasteiger partial charge in [-0.25, -0.2) is 9.59 Å². The zero-order valence-electron chi connectivity index (χ0n) is 28.6. The molecular formula is C35H51N5O7. The van der Waals surface area contributed by atoms with E-state index >= 15 is 0 Å². The number of benzene rings is 1. The summed E-state index contributed by atoms with van der Waals surface area (Å²) in [6.07, 6.45) is 2.75. The summed E-state index contributed by atoms with van der Waals surface area (Å²) in [5, 5.41) is 20.2. The molecule has 2 aliphatic carbocycles. The summed E-state index contributed by atoms with van der Waals surface area (Å²) in [4.78, 5) is 80.7. The molecule has 12 heteroatoms. The molecule has 0 bridgehead atoms. The molecule has 1 aromatic carbocycles. The number of urea groups is 1. The maximum Gasteiger partial charge on any atom is 0.326 e. The van der Waals surface area contributed by atoms with Gasteiger partial charge in [0, 0.05) is 13.1 Å². The van der Waals surface area contributed by atoms with Crippen LogP contribution in [0.1, 0.15) is 73.3 Å². The highest BCUT2D eigenvalue weighted by molar-refractivity contribution is 6.38. The first-order valence-electron chi connectivity index (χ1n) is 16.7. The molecule has 258 valence electrons. The van der Waals surface area contributed by atoms with Crippen LogP contribution in [-0.4, -0.2) is 82.8 Å². The van der Waals surface area contributed by atoms with Gasteiger partial charge in [0.25, 0.3) is 5.91 Å². The predicted molar refractivity (Wildman–Crippen MR) is 175 cm³/mol. The lowest BCUT2D eigenvalue weighted by atomic mass is 9.85. The van der Waals surface area contributed by atoms with E-state index in [9.17, 15) is 33.9 Å². The molecule has 6 atom stereocenters. The van der Waals surface area contributed by atoms with Gasteiger partial charge in [-0.2, -0.15) is 0 Å². The average molecular weight is 654 g/mol. The van der Waals surface area contributed by atoms with Crippen LogP contribution in [0.4, 0.5) is 4.79 Å². The Hall–Kier alpha value is -3.96. The molecule has 4 rings (SSSR count). The van der Waals surface area contributed by atoms with E-state index in [1.807, 2.05) is 44.2 Å². The van der Waals surface area contributed by atoms with E-state index in [1.54, 1.807) is 34.6 Å². The van der Waals surface area contributed by atoms with E-state index in [-0.39, 0.29) is 35.6 Å². The quantitative estimate of drug-likeness (QED) is 0.192. The second kappa shape index (κ2) is 14.0. The van der Waals surface area contributed by atoms with E-state index in [0.29, 0.717) is 19.4 Å². The molecule has 0 aromatic heterocycles. The topological polar surface area (TPSA) is 174 Å². The van der Waals surface area contributed by atoms with Crippen molar-refractivity contribution in [2.45, 2.75) is 98.3 Å². The number of piperidine rings is 1. The van der Waals surface area contributed by atoms with Gasteiger partial charge >= 0.3 is 12.0 Å². The molecule has 1 heterocycles. The molecule has 0 spiro atoms. The Kier molecular flexibility index (Phi) is 10.7. The minimum atomic E-state index is -1.19. The van der Waals surface area contributed by atoms with Crippen LogP contribution in [0.3, 0.4) is 0 Å². The second-order valence-electron chi connectivity index (χ2n) is 15.5. The Labute approximate surface area is 277 Å². The summed E-state index contributed by atoms with van der Waals surface area (Å²) in [7, 11) is 0. The number of carbonyl (C=O) groups is 6. The van der Waals surface area contributed by atoms with E-state index in [0.717, 1.165) is 18.4 Å². The van der Waals surface area contributed by atoms with Crippen LogP contribution in [-0.2, 0) is 30.4 Å². The number of carboxylic acid groups (broad SMARTS) is 1. The number of nitrogens with zero attached hydrogens (tertiary/aromatic N) is 1. The molecule has 3 unspecified atom stereocenters. The van der Waals surface area contributed by atoms with Gasteiger partial charge in [0.2, 0.25) is 17.6 Å². The monoisotopic (exact) mass is 653 g/mol. The summed E-state index contributed by atoms with van der Waals surface area (Å²) in [6, 6.07) is 4.67. The standard InChI is InChI=1S/C35H51N5O7/c1-19(2)25(32(45)46)38-33(47)39-28(34(3,4)5)31(44)40-18-22-24(35(22,6)7)26(40)29(42)37-23(17-21-13-14-21)27(41)30(43)36-16-15-20-11-9-8-10-12-20/h8-12,19,21-26,28H,13-18H2,1-7H3,(H,36,43)(H,37,42)(H,45,46)(H2,38,39,47)/t22-,23?,24?,25?,26-,28+/m0/s1. The van der Waals surface area contributed by atoms with Crippen molar-refractivity contribution < 1.29 is 33.9 Å².